The van der Waals surface area contributed by atoms with E-state index in [1.165, 1.54) is 5.56 Å². The number of carbonyl (C=O) groups excluding carboxylic acids is 2. The van der Waals surface area contributed by atoms with Gasteiger partial charge < -0.3 is 24.8 Å². The Kier molecular flexibility index (Phi) is 13.3. The summed E-state index contributed by atoms with van der Waals surface area (Å²) in [6.07, 6.45) is 1.63. The summed E-state index contributed by atoms with van der Waals surface area (Å²) < 4.78 is 46.6. The van der Waals surface area contributed by atoms with Crippen LogP contribution in [0.1, 0.15) is 118 Å². The molecular formula is C47H56F3N9O3S. The molecule has 63 heavy (non-hydrogen) atoms. The van der Waals surface area contributed by atoms with Gasteiger partial charge in [0.1, 0.15) is 11.4 Å². The molecule has 2 amide bonds. The fourth-order valence-corrected chi connectivity index (χ4v) is 10.0. The van der Waals surface area contributed by atoms with Gasteiger partial charge in [0.15, 0.2) is 5.82 Å². The second-order valence-electron chi connectivity index (χ2n) is 18.1. The minimum Gasteiger partial charge on any atom is -0.444 e. The van der Waals surface area contributed by atoms with Gasteiger partial charge in [0, 0.05) is 56.5 Å². The molecule has 334 valence electrons. The van der Waals surface area contributed by atoms with Crippen LogP contribution >= 0.6 is 11.3 Å². The minimum atomic E-state index is -4.60. The zero-order chi connectivity index (χ0) is 44.3. The third-order valence-corrected chi connectivity index (χ3v) is 13.6. The van der Waals surface area contributed by atoms with Crippen LogP contribution in [0.25, 0.3) is 10.4 Å². The van der Waals surface area contributed by atoms with Crippen LogP contribution in [0.3, 0.4) is 0 Å². The molecule has 4 aliphatic heterocycles. The van der Waals surface area contributed by atoms with Crippen molar-refractivity contribution in [1.29, 1.82) is 0 Å². The normalized spacial score (nSPS) is 18.9. The number of likely N-dealkylation sites (tertiary alicyclic amines) is 3. The van der Waals surface area contributed by atoms with E-state index in [9.17, 15) is 22.8 Å². The number of halogens is 3. The highest BCUT2D eigenvalue weighted by Gasteiger charge is 2.40. The first kappa shape index (κ1) is 44.3. The van der Waals surface area contributed by atoms with Gasteiger partial charge in [-0.15, -0.1) is 21.5 Å². The third kappa shape index (κ3) is 10.9. The molecule has 3 fully saturated rings. The number of hydrogen-bond acceptors (Lipinski definition) is 10. The summed E-state index contributed by atoms with van der Waals surface area (Å²) in [5, 5.41) is 14.3. The summed E-state index contributed by atoms with van der Waals surface area (Å²) in [7, 11) is 0. The van der Waals surface area contributed by atoms with Crippen molar-refractivity contribution >= 4 is 29.2 Å². The van der Waals surface area contributed by atoms with E-state index in [-0.39, 0.29) is 18.2 Å². The third-order valence-electron chi connectivity index (χ3n) is 12.7. The largest absolute Gasteiger partial charge is 0.453 e. The molecule has 0 saturated carbocycles. The number of carbonyl (C=O) groups is 2. The summed E-state index contributed by atoms with van der Waals surface area (Å²) in [6.45, 7) is 12.3. The lowest BCUT2D eigenvalue weighted by Gasteiger charge is -2.41. The lowest BCUT2D eigenvalue weighted by Crippen LogP contribution is -2.49. The SMILES string of the molecule is Cc1ncsc1-c1ccc([C@H](CC(=O)N2CCC(N3CCC(C#Cc4ccc(C5CCN(C6=Nn7c(nnc7C(F)(F)F)CC6)CC5)cc4)CC3)CC2)NC(=O)OC(C)(C)C)cc1. The van der Waals surface area contributed by atoms with Gasteiger partial charge in [0.2, 0.25) is 5.91 Å². The number of alkyl halides is 3. The molecule has 8 rings (SSSR count). The van der Waals surface area contributed by atoms with Crippen LogP contribution in [0.2, 0.25) is 0 Å². The zero-order valence-electron chi connectivity index (χ0n) is 36.5. The Balaban J connectivity index is 0.781. The number of nitrogens with one attached hydrogen (secondary N) is 1. The highest BCUT2D eigenvalue weighted by atomic mass is 32.1. The number of aryl methyl sites for hydroxylation is 2. The highest BCUT2D eigenvalue weighted by molar-refractivity contribution is 7.13. The van der Waals surface area contributed by atoms with Crippen molar-refractivity contribution in [2.45, 2.75) is 115 Å². The fourth-order valence-electron chi connectivity index (χ4n) is 9.20. The maximum Gasteiger partial charge on any atom is 0.453 e. The Morgan fingerprint density at radius 1 is 0.889 bits per heavy atom. The molecule has 6 heterocycles. The van der Waals surface area contributed by atoms with E-state index in [4.69, 9.17) is 4.74 Å². The van der Waals surface area contributed by atoms with Crippen molar-refractivity contribution in [3.63, 3.8) is 0 Å². The molecular weight excluding hydrogens is 828 g/mol. The van der Waals surface area contributed by atoms with Crippen LogP contribution in [-0.4, -0.2) is 103 Å². The number of rotatable bonds is 7. The maximum atomic E-state index is 13.7. The number of ether oxygens (including phenoxy) is 1. The monoisotopic (exact) mass is 883 g/mol. The number of amides is 2. The number of amidine groups is 1. The molecule has 0 unspecified atom stereocenters. The number of hydrogen-bond donors (Lipinski definition) is 1. The van der Waals surface area contributed by atoms with Crippen molar-refractivity contribution < 1.29 is 27.5 Å². The molecule has 12 nitrogen and oxygen atoms in total. The molecule has 0 bridgehead atoms. The minimum absolute atomic E-state index is 0.0240. The lowest BCUT2D eigenvalue weighted by molar-refractivity contribution is -0.147. The molecule has 1 N–H and O–H groups in total. The van der Waals surface area contributed by atoms with E-state index in [1.807, 2.05) is 62.4 Å². The van der Waals surface area contributed by atoms with Gasteiger partial charge in [0.05, 0.1) is 28.5 Å². The smallest absolute Gasteiger partial charge is 0.444 e. The summed E-state index contributed by atoms with van der Waals surface area (Å²) in [6, 6.07) is 16.4. The predicted molar refractivity (Wildman–Crippen MR) is 236 cm³/mol. The van der Waals surface area contributed by atoms with Crippen LogP contribution in [0.5, 0.6) is 0 Å². The first-order valence-corrected chi connectivity index (χ1v) is 23.0. The van der Waals surface area contributed by atoms with Crippen LogP contribution < -0.4 is 5.32 Å². The van der Waals surface area contributed by atoms with Gasteiger partial charge in [-0.2, -0.15) is 22.9 Å². The van der Waals surface area contributed by atoms with Crippen molar-refractivity contribution in [1.82, 2.24) is 39.9 Å². The zero-order valence-corrected chi connectivity index (χ0v) is 37.3. The number of aromatic nitrogens is 4. The Morgan fingerprint density at radius 3 is 2.22 bits per heavy atom. The Morgan fingerprint density at radius 2 is 1.59 bits per heavy atom. The lowest BCUT2D eigenvalue weighted by atomic mass is 9.88. The molecule has 4 aromatic rings. The van der Waals surface area contributed by atoms with Crippen LogP contribution in [0.15, 0.2) is 59.1 Å². The quantitative estimate of drug-likeness (QED) is 0.184. The first-order valence-electron chi connectivity index (χ1n) is 22.1. The average Bonchev–Trinajstić information content (AvgIpc) is 3.91. The van der Waals surface area contributed by atoms with Gasteiger partial charge in [-0.1, -0.05) is 48.2 Å². The van der Waals surface area contributed by atoms with E-state index in [0.717, 1.165) is 96.6 Å². The topological polar surface area (TPSA) is 121 Å². The summed E-state index contributed by atoms with van der Waals surface area (Å²) in [5.74, 6) is 7.55. The van der Waals surface area contributed by atoms with E-state index in [1.54, 1.807) is 11.3 Å². The first-order chi connectivity index (χ1) is 30.2. The van der Waals surface area contributed by atoms with Gasteiger partial charge >= 0.3 is 12.3 Å². The molecule has 0 spiro atoms. The van der Waals surface area contributed by atoms with Crippen LogP contribution in [0.4, 0.5) is 18.0 Å². The van der Waals surface area contributed by atoms with E-state index in [0.29, 0.717) is 49.6 Å². The summed E-state index contributed by atoms with van der Waals surface area (Å²) >= 11 is 1.59. The second-order valence-corrected chi connectivity index (χ2v) is 19.0. The molecule has 2 aromatic heterocycles. The number of nitrogens with zero attached hydrogens (tertiary/aromatic N) is 8. The predicted octanol–water partition coefficient (Wildman–Crippen LogP) is 8.43. The Labute approximate surface area is 371 Å². The maximum absolute atomic E-state index is 13.7. The van der Waals surface area contributed by atoms with Crippen LogP contribution in [-0.2, 0) is 22.1 Å². The molecule has 4 aliphatic rings. The van der Waals surface area contributed by atoms with Gasteiger partial charge in [-0.05, 0) is 114 Å². The molecule has 1 atom stereocenters. The average molecular weight is 884 g/mol. The van der Waals surface area contributed by atoms with Crippen molar-refractivity contribution in [2.24, 2.45) is 11.0 Å². The number of thiazole rings is 1. The number of alkyl carbamates (subject to hydrolysis) is 1. The van der Waals surface area contributed by atoms with Gasteiger partial charge in [-0.25, -0.2) is 9.78 Å². The van der Waals surface area contributed by atoms with Crippen molar-refractivity contribution in [3.8, 4) is 22.3 Å². The van der Waals surface area contributed by atoms with Crippen molar-refractivity contribution in [2.75, 3.05) is 39.3 Å². The Hall–Kier alpha value is -5.27. The van der Waals surface area contributed by atoms with Crippen molar-refractivity contribution in [3.05, 3.63) is 88.1 Å². The molecule has 0 radical (unpaired) electrons. The van der Waals surface area contributed by atoms with E-state index in [2.05, 4.69) is 71.5 Å². The standard InChI is InChI=1S/C47H56F3N9O3S/c1-31-43(63-30-51-31)37-13-11-36(12-14-37)39(52-45(61)62-46(2,3)4)29-42(60)58-27-21-38(22-28-58)56-23-17-33(18-24-56)6-5-32-7-9-34(10-8-32)35-19-25-57(26-20-35)41-16-15-40-53-54-44(47(48,49)50)59(40)55-41/h7-14,30,33,35,38-39H,15-29H2,1-4H3,(H,52,61)/t39-/m0/s1. The number of fused-ring (bicyclic) bond motifs is 1. The second kappa shape index (κ2) is 18.8. The van der Waals surface area contributed by atoms with Gasteiger partial charge in [0.25, 0.3) is 5.82 Å². The molecule has 16 heteroatoms. The summed E-state index contributed by atoms with van der Waals surface area (Å²) in [5.41, 5.74) is 6.31. The Bertz CT molecular complexity index is 2320. The number of piperidine rings is 3. The fraction of sp³-hybridized carbons (Fsp3) is 0.532. The molecule has 0 aliphatic carbocycles. The molecule has 3 saturated heterocycles. The van der Waals surface area contributed by atoms with E-state index < -0.39 is 29.7 Å². The highest BCUT2D eigenvalue weighted by Crippen LogP contribution is 2.33. The van der Waals surface area contributed by atoms with Gasteiger partial charge in [-0.3, -0.25) is 4.79 Å². The number of benzene rings is 2. The van der Waals surface area contributed by atoms with Crippen LogP contribution in [0, 0.1) is 24.7 Å². The van der Waals surface area contributed by atoms with E-state index >= 15 is 0 Å². The molecule has 2 aromatic carbocycles. The summed E-state index contributed by atoms with van der Waals surface area (Å²) in [4.78, 5) is 38.7.